The van der Waals surface area contributed by atoms with Crippen molar-refractivity contribution in [3.05, 3.63) is 70.8 Å². The van der Waals surface area contributed by atoms with Crippen LogP contribution in [0.15, 0.2) is 48.5 Å². The topological polar surface area (TPSA) is 49.4 Å². The largest absolute Gasteiger partial charge is 0.350 e. The van der Waals surface area contributed by atoms with E-state index in [1.54, 1.807) is 11.8 Å². The normalized spacial score (nSPS) is 12.4. The molecule has 1 N–H and O–H groups in total. The Morgan fingerprint density at radius 2 is 1.36 bits per heavy atom. The molecule has 0 aliphatic carbocycles. The minimum absolute atomic E-state index is 0.0546. The molecule has 2 aromatic carbocycles. The van der Waals surface area contributed by atoms with Crippen LogP contribution < -0.4 is 5.32 Å². The molecular formula is C24H32N2O2. The van der Waals surface area contributed by atoms with E-state index in [-0.39, 0.29) is 23.8 Å². The fourth-order valence-corrected chi connectivity index (χ4v) is 2.93. The molecule has 28 heavy (non-hydrogen) atoms. The second-order valence-electron chi connectivity index (χ2n) is 8.58. The third-order valence-electron chi connectivity index (χ3n) is 4.61. The summed E-state index contributed by atoms with van der Waals surface area (Å²) in [4.78, 5) is 27.5. The standard InChI is InChI=1S/C24H32N2O2/c1-17-7-11-20(12-8-17)15-22(27)26(16-21-13-9-18(2)10-14-21)19(3)23(28)25-24(4,5)6/h7-14,19H,15-16H2,1-6H3,(H,25,28)/t19-/m1/s1. The van der Waals surface area contributed by atoms with E-state index in [4.69, 9.17) is 0 Å². The number of carbonyl (C=O) groups excluding carboxylic acids is 2. The summed E-state index contributed by atoms with van der Waals surface area (Å²) in [6, 6.07) is 15.5. The SMILES string of the molecule is Cc1ccc(CC(=O)N(Cc2ccc(C)cc2)[C@H](C)C(=O)NC(C)(C)C)cc1. The highest BCUT2D eigenvalue weighted by Crippen LogP contribution is 2.14. The van der Waals surface area contributed by atoms with E-state index in [0.29, 0.717) is 6.54 Å². The van der Waals surface area contributed by atoms with Crippen molar-refractivity contribution in [2.75, 3.05) is 0 Å². The van der Waals surface area contributed by atoms with Crippen molar-refractivity contribution in [2.45, 2.75) is 66.1 Å². The van der Waals surface area contributed by atoms with Crippen molar-refractivity contribution in [2.24, 2.45) is 0 Å². The maximum Gasteiger partial charge on any atom is 0.242 e. The molecule has 4 nitrogen and oxygen atoms in total. The lowest BCUT2D eigenvalue weighted by Crippen LogP contribution is -2.52. The van der Waals surface area contributed by atoms with Crippen LogP contribution >= 0.6 is 0 Å². The summed E-state index contributed by atoms with van der Waals surface area (Å²) in [5.41, 5.74) is 3.94. The van der Waals surface area contributed by atoms with E-state index in [1.807, 2.05) is 83.1 Å². The number of aryl methyl sites for hydroxylation is 2. The van der Waals surface area contributed by atoms with Gasteiger partial charge >= 0.3 is 0 Å². The predicted molar refractivity (Wildman–Crippen MR) is 114 cm³/mol. The van der Waals surface area contributed by atoms with Crippen LogP contribution in [0.3, 0.4) is 0 Å². The Morgan fingerprint density at radius 1 is 0.893 bits per heavy atom. The number of nitrogens with zero attached hydrogens (tertiary/aromatic N) is 1. The Labute approximate surface area is 169 Å². The number of benzene rings is 2. The van der Waals surface area contributed by atoms with Gasteiger partial charge in [0.1, 0.15) is 6.04 Å². The molecule has 0 heterocycles. The highest BCUT2D eigenvalue weighted by atomic mass is 16.2. The molecule has 2 amide bonds. The summed E-state index contributed by atoms with van der Waals surface area (Å²) in [6.45, 7) is 12.1. The monoisotopic (exact) mass is 380 g/mol. The minimum atomic E-state index is -0.557. The summed E-state index contributed by atoms with van der Waals surface area (Å²) >= 11 is 0. The lowest BCUT2D eigenvalue weighted by molar-refractivity contribution is -0.140. The van der Waals surface area contributed by atoms with Gasteiger partial charge in [-0.1, -0.05) is 59.7 Å². The van der Waals surface area contributed by atoms with Gasteiger partial charge in [0.05, 0.1) is 6.42 Å². The lowest BCUT2D eigenvalue weighted by atomic mass is 10.1. The maximum absolute atomic E-state index is 13.1. The zero-order valence-electron chi connectivity index (χ0n) is 17.9. The number of hydrogen-bond donors (Lipinski definition) is 1. The van der Waals surface area contributed by atoms with Crippen LogP contribution in [-0.4, -0.2) is 28.3 Å². The van der Waals surface area contributed by atoms with E-state index in [1.165, 1.54) is 5.56 Å². The Bertz CT molecular complexity index is 802. The van der Waals surface area contributed by atoms with E-state index in [2.05, 4.69) is 5.32 Å². The molecular weight excluding hydrogens is 348 g/mol. The van der Waals surface area contributed by atoms with Gasteiger partial charge in [-0.05, 0) is 52.7 Å². The molecule has 0 bridgehead atoms. The summed E-state index contributed by atoms with van der Waals surface area (Å²) in [5.74, 6) is -0.196. The van der Waals surface area contributed by atoms with Crippen LogP contribution in [0, 0.1) is 13.8 Å². The highest BCUT2D eigenvalue weighted by molar-refractivity contribution is 5.88. The van der Waals surface area contributed by atoms with E-state index in [9.17, 15) is 9.59 Å². The van der Waals surface area contributed by atoms with Crippen LogP contribution in [0.2, 0.25) is 0 Å². The maximum atomic E-state index is 13.1. The predicted octanol–water partition coefficient (Wildman–Crippen LogP) is 4.18. The first-order valence-corrected chi connectivity index (χ1v) is 9.78. The second-order valence-corrected chi connectivity index (χ2v) is 8.58. The second kappa shape index (κ2) is 9.05. The minimum Gasteiger partial charge on any atom is -0.350 e. The molecule has 2 rings (SSSR count). The van der Waals surface area contributed by atoms with Crippen molar-refractivity contribution in [3.63, 3.8) is 0 Å². The van der Waals surface area contributed by atoms with Gasteiger partial charge in [-0.2, -0.15) is 0 Å². The Kier molecular flexibility index (Phi) is 7.00. The molecule has 2 aromatic rings. The van der Waals surface area contributed by atoms with Crippen LogP contribution in [0.4, 0.5) is 0 Å². The van der Waals surface area contributed by atoms with Crippen LogP contribution in [0.25, 0.3) is 0 Å². The number of nitrogens with one attached hydrogen (secondary N) is 1. The Hall–Kier alpha value is -2.62. The zero-order chi connectivity index (χ0) is 20.9. The average Bonchev–Trinajstić information content (AvgIpc) is 2.61. The van der Waals surface area contributed by atoms with Crippen LogP contribution in [-0.2, 0) is 22.6 Å². The quantitative estimate of drug-likeness (QED) is 0.817. The van der Waals surface area contributed by atoms with Crippen molar-refractivity contribution < 1.29 is 9.59 Å². The van der Waals surface area contributed by atoms with Crippen molar-refractivity contribution in [1.82, 2.24) is 10.2 Å². The van der Waals surface area contributed by atoms with E-state index < -0.39 is 6.04 Å². The first kappa shape index (κ1) is 21.7. The van der Waals surface area contributed by atoms with Gasteiger partial charge in [0.25, 0.3) is 0 Å². The zero-order valence-corrected chi connectivity index (χ0v) is 17.9. The fraction of sp³-hybridized carbons (Fsp3) is 0.417. The summed E-state index contributed by atoms with van der Waals surface area (Å²) in [5, 5.41) is 2.99. The molecule has 0 fully saturated rings. The average molecular weight is 381 g/mol. The van der Waals surface area contributed by atoms with Crippen molar-refractivity contribution >= 4 is 11.8 Å². The molecule has 0 aromatic heterocycles. The van der Waals surface area contributed by atoms with Gasteiger partial charge in [-0.3, -0.25) is 9.59 Å². The number of rotatable bonds is 6. The third-order valence-corrected chi connectivity index (χ3v) is 4.61. The van der Waals surface area contributed by atoms with Gasteiger partial charge in [-0.25, -0.2) is 0 Å². The van der Waals surface area contributed by atoms with Gasteiger partial charge in [0.15, 0.2) is 0 Å². The summed E-state index contributed by atoms with van der Waals surface area (Å²) in [6.07, 6.45) is 0.277. The molecule has 150 valence electrons. The molecule has 0 aliphatic heterocycles. The Morgan fingerprint density at radius 3 is 1.82 bits per heavy atom. The van der Waals surface area contributed by atoms with Crippen LogP contribution in [0.1, 0.15) is 49.9 Å². The van der Waals surface area contributed by atoms with Crippen molar-refractivity contribution in [1.29, 1.82) is 0 Å². The van der Waals surface area contributed by atoms with E-state index in [0.717, 1.165) is 16.7 Å². The molecule has 0 spiro atoms. The molecule has 1 atom stereocenters. The molecule has 0 unspecified atom stereocenters. The van der Waals surface area contributed by atoms with Gasteiger partial charge in [0.2, 0.25) is 11.8 Å². The summed E-state index contributed by atoms with van der Waals surface area (Å²) < 4.78 is 0. The van der Waals surface area contributed by atoms with Crippen LogP contribution in [0.5, 0.6) is 0 Å². The molecule has 0 saturated carbocycles. The van der Waals surface area contributed by atoms with Gasteiger partial charge in [-0.15, -0.1) is 0 Å². The fourth-order valence-electron chi connectivity index (χ4n) is 2.93. The van der Waals surface area contributed by atoms with Crippen molar-refractivity contribution in [3.8, 4) is 0 Å². The molecule has 4 heteroatoms. The van der Waals surface area contributed by atoms with E-state index >= 15 is 0 Å². The first-order chi connectivity index (χ1) is 13.0. The van der Waals surface area contributed by atoms with Gasteiger partial charge in [0, 0.05) is 12.1 Å². The summed E-state index contributed by atoms with van der Waals surface area (Å²) in [7, 11) is 0. The van der Waals surface area contributed by atoms with Gasteiger partial charge < -0.3 is 10.2 Å². The molecule has 0 saturated heterocycles. The number of hydrogen-bond acceptors (Lipinski definition) is 2. The lowest BCUT2D eigenvalue weighted by Gasteiger charge is -2.31. The number of carbonyl (C=O) groups is 2. The third kappa shape index (κ3) is 6.52. The highest BCUT2D eigenvalue weighted by Gasteiger charge is 2.28. The molecule has 0 radical (unpaired) electrons. The molecule has 0 aliphatic rings. The Balaban J connectivity index is 2.23. The smallest absolute Gasteiger partial charge is 0.242 e. The number of amides is 2. The first-order valence-electron chi connectivity index (χ1n) is 9.78.